The molecule has 9 heteroatoms. The SMILES string of the molecule is COc1ccnc2c1C(C1CCN(c3nc(OC[C@H]4C[C@H]4C#N)nc(C(=O)CC4(C)CCC4)n3)CC1)=CC2. The lowest BCUT2D eigenvalue weighted by Crippen LogP contribution is -2.36. The van der Waals surface area contributed by atoms with E-state index < -0.39 is 0 Å². The predicted molar refractivity (Wildman–Crippen MR) is 141 cm³/mol. The molecule has 0 N–H and O–H groups in total. The highest BCUT2D eigenvalue weighted by Crippen LogP contribution is 2.44. The van der Waals surface area contributed by atoms with E-state index in [4.69, 9.17) is 14.7 Å². The third-order valence-electron chi connectivity index (χ3n) is 8.75. The number of pyridine rings is 1. The van der Waals surface area contributed by atoms with E-state index in [2.05, 4.69) is 43.9 Å². The summed E-state index contributed by atoms with van der Waals surface area (Å²) in [6.45, 7) is 4.09. The molecule has 0 radical (unpaired) electrons. The minimum atomic E-state index is -0.0516. The van der Waals surface area contributed by atoms with Crippen LogP contribution in [0.2, 0.25) is 0 Å². The van der Waals surface area contributed by atoms with Crippen LogP contribution in [-0.2, 0) is 6.42 Å². The quantitative estimate of drug-likeness (QED) is 0.448. The Kier molecular flexibility index (Phi) is 6.50. The number of piperidine rings is 1. The second kappa shape index (κ2) is 9.97. The zero-order valence-electron chi connectivity index (χ0n) is 22.2. The fraction of sp³-hybridized carbons (Fsp3) is 0.586. The summed E-state index contributed by atoms with van der Waals surface area (Å²) in [7, 11) is 1.71. The molecule has 0 unspecified atom stereocenters. The number of anilines is 1. The molecule has 1 aliphatic heterocycles. The van der Waals surface area contributed by atoms with E-state index >= 15 is 0 Å². The van der Waals surface area contributed by atoms with Crippen molar-refractivity contribution in [1.29, 1.82) is 5.26 Å². The molecule has 2 aromatic heterocycles. The van der Waals surface area contributed by atoms with Crippen molar-refractivity contribution in [2.75, 3.05) is 31.7 Å². The van der Waals surface area contributed by atoms with Crippen molar-refractivity contribution < 1.29 is 14.3 Å². The third kappa shape index (κ3) is 4.84. The number of aromatic nitrogens is 4. The minimum Gasteiger partial charge on any atom is -0.496 e. The first-order valence-electron chi connectivity index (χ1n) is 13.8. The molecule has 198 valence electrons. The second-order valence-electron chi connectivity index (χ2n) is 11.5. The summed E-state index contributed by atoms with van der Waals surface area (Å²) in [5, 5.41) is 9.11. The number of hydrogen-bond donors (Lipinski definition) is 0. The number of Topliss-reactive ketones (excluding diaryl/α,β-unsaturated/α-hetero) is 1. The van der Waals surface area contributed by atoms with Crippen LogP contribution in [0.5, 0.6) is 11.8 Å². The van der Waals surface area contributed by atoms with Crippen LogP contribution in [0.3, 0.4) is 0 Å². The van der Waals surface area contributed by atoms with Gasteiger partial charge in [-0.15, -0.1) is 0 Å². The number of carbonyl (C=O) groups is 1. The summed E-state index contributed by atoms with van der Waals surface area (Å²) in [6, 6.07) is 4.40. The largest absolute Gasteiger partial charge is 0.496 e. The van der Waals surface area contributed by atoms with Gasteiger partial charge in [0.15, 0.2) is 0 Å². The van der Waals surface area contributed by atoms with E-state index in [1.54, 1.807) is 7.11 Å². The van der Waals surface area contributed by atoms with Gasteiger partial charge in [0.1, 0.15) is 5.75 Å². The van der Waals surface area contributed by atoms with E-state index in [0.717, 1.165) is 68.6 Å². The van der Waals surface area contributed by atoms with Gasteiger partial charge >= 0.3 is 6.01 Å². The highest BCUT2D eigenvalue weighted by atomic mass is 16.5. The van der Waals surface area contributed by atoms with Crippen LogP contribution in [-0.4, -0.2) is 52.5 Å². The van der Waals surface area contributed by atoms with E-state index in [9.17, 15) is 4.79 Å². The van der Waals surface area contributed by atoms with Gasteiger partial charge < -0.3 is 14.4 Å². The molecule has 0 bridgehead atoms. The fourth-order valence-electron chi connectivity index (χ4n) is 6.06. The molecule has 3 heterocycles. The lowest BCUT2D eigenvalue weighted by molar-refractivity contribution is 0.0804. The van der Waals surface area contributed by atoms with Gasteiger partial charge in [-0.05, 0) is 55.1 Å². The van der Waals surface area contributed by atoms with E-state index in [0.29, 0.717) is 24.9 Å². The average Bonchev–Trinajstić information content (AvgIpc) is 3.57. The molecule has 0 spiro atoms. The first-order valence-corrected chi connectivity index (χ1v) is 13.8. The number of ketones is 1. The van der Waals surface area contributed by atoms with Gasteiger partial charge in [0.25, 0.3) is 0 Å². The molecule has 2 aromatic rings. The van der Waals surface area contributed by atoms with Crippen molar-refractivity contribution in [2.24, 2.45) is 23.2 Å². The van der Waals surface area contributed by atoms with Crippen molar-refractivity contribution >= 4 is 17.3 Å². The maximum Gasteiger partial charge on any atom is 0.321 e. The Morgan fingerprint density at radius 3 is 2.74 bits per heavy atom. The summed E-state index contributed by atoms with van der Waals surface area (Å²) >= 11 is 0. The summed E-state index contributed by atoms with van der Waals surface area (Å²) in [5.74, 6) is 2.18. The van der Waals surface area contributed by atoms with Gasteiger partial charge in [0.2, 0.25) is 17.6 Å². The zero-order valence-corrected chi connectivity index (χ0v) is 22.2. The number of fused-ring (bicyclic) bond motifs is 1. The maximum absolute atomic E-state index is 13.2. The Morgan fingerprint density at radius 2 is 2.05 bits per heavy atom. The van der Waals surface area contributed by atoms with Gasteiger partial charge in [0, 0.05) is 43.6 Å². The first kappa shape index (κ1) is 24.8. The van der Waals surface area contributed by atoms with Crippen molar-refractivity contribution in [3.8, 4) is 17.8 Å². The zero-order chi connectivity index (χ0) is 26.3. The monoisotopic (exact) mass is 514 g/mol. The normalized spacial score (nSPS) is 23.6. The summed E-state index contributed by atoms with van der Waals surface area (Å²) in [4.78, 5) is 33.5. The summed E-state index contributed by atoms with van der Waals surface area (Å²) in [6.07, 6.45) is 11.4. The smallest absolute Gasteiger partial charge is 0.321 e. The number of nitrogens with zero attached hydrogens (tertiary/aromatic N) is 6. The Balaban J connectivity index is 1.18. The Bertz CT molecular complexity index is 1310. The van der Waals surface area contributed by atoms with Gasteiger partial charge in [-0.3, -0.25) is 9.78 Å². The standard InChI is InChI=1S/C29H34N6O3/c1-29(9-3-10-29)15-23(36)26-32-27(34-28(33-26)38-17-20-14-19(20)16-30)35-12-7-18(8-13-35)21-4-5-22-25(21)24(37-2)6-11-31-22/h4,6,11,18-20H,3,5,7-10,12-15,17H2,1-2H3/t19-,20+/m0/s1. The number of allylic oxidation sites excluding steroid dienone is 2. The highest BCUT2D eigenvalue weighted by molar-refractivity contribution is 5.93. The molecular weight excluding hydrogens is 480 g/mol. The molecule has 0 aromatic carbocycles. The van der Waals surface area contributed by atoms with Crippen molar-refractivity contribution in [1.82, 2.24) is 19.9 Å². The van der Waals surface area contributed by atoms with Gasteiger partial charge in [-0.2, -0.15) is 20.2 Å². The molecule has 0 amide bonds. The molecule has 6 rings (SSSR count). The number of ether oxygens (including phenoxy) is 2. The molecule has 3 fully saturated rings. The molecule has 38 heavy (non-hydrogen) atoms. The van der Waals surface area contributed by atoms with Crippen molar-refractivity contribution in [3.63, 3.8) is 0 Å². The molecule has 9 nitrogen and oxygen atoms in total. The van der Waals surface area contributed by atoms with Crippen LogP contribution in [0.4, 0.5) is 5.95 Å². The molecule has 4 aliphatic rings. The molecule has 1 saturated heterocycles. The Morgan fingerprint density at radius 1 is 1.24 bits per heavy atom. The van der Waals surface area contributed by atoms with Crippen LogP contribution < -0.4 is 14.4 Å². The molecule has 2 saturated carbocycles. The van der Waals surface area contributed by atoms with E-state index in [-0.39, 0.29) is 34.9 Å². The average molecular weight is 515 g/mol. The van der Waals surface area contributed by atoms with E-state index in [1.807, 2.05) is 12.3 Å². The van der Waals surface area contributed by atoms with Crippen LogP contribution >= 0.6 is 0 Å². The number of methoxy groups -OCH3 is 1. The van der Waals surface area contributed by atoms with Crippen molar-refractivity contribution in [3.05, 3.63) is 35.4 Å². The minimum absolute atomic E-state index is 0.0402. The van der Waals surface area contributed by atoms with Gasteiger partial charge in [-0.25, -0.2) is 0 Å². The van der Waals surface area contributed by atoms with Crippen LogP contribution in [0, 0.1) is 34.5 Å². The van der Waals surface area contributed by atoms with Crippen LogP contribution in [0.1, 0.15) is 73.7 Å². The maximum atomic E-state index is 13.2. The number of nitriles is 1. The number of carbonyl (C=O) groups excluding carboxylic acids is 1. The Hall–Kier alpha value is -3.54. The number of rotatable bonds is 9. The van der Waals surface area contributed by atoms with Gasteiger partial charge in [-0.1, -0.05) is 19.4 Å². The molecule has 2 atom stereocenters. The summed E-state index contributed by atoms with van der Waals surface area (Å²) in [5.41, 5.74) is 3.60. The highest BCUT2D eigenvalue weighted by Gasteiger charge is 2.39. The van der Waals surface area contributed by atoms with Crippen LogP contribution in [0.15, 0.2) is 18.3 Å². The lowest BCUT2D eigenvalue weighted by atomic mass is 9.67. The van der Waals surface area contributed by atoms with Crippen LogP contribution in [0.25, 0.3) is 5.57 Å². The Labute approximate surface area is 223 Å². The first-order chi connectivity index (χ1) is 18.5. The predicted octanol–water partition coefficient (Wildman–Crippen LogP) is 4.43. The second-order valence-corrected chi connectivity index (χ2v) is 11.5. The third-order valence-corrected chi connectivity index (χ3v) is 8.75. The van der Waals surface area contributed by atoms with E-state index in [1.165, 1.54) is 12.0 Å². The van der Waals surface area contributed by atoms with Crippen molar-refractivity contribution in [2.45, 2.75) is 58.3 Å². The molecule has 3 aliphatic carbocycles. The summed E-state index contributed by atoms with van der Waals surface area (Å²) < 4.78 is 11.5. The molecular formula is C29H34N6O3. The van der Waals surface area contributed by atoms with Gasteiger partial charge in [0.05, 0.1) is 31.4 Å². The fourth-order valence-corrected chi connectivity index (χ4v) is 6.06. The number of hydrogen-bond acceptors (Lipinski definition) is 9. The topological polar surface area (TPSA) is 114 Å². The lowest BCUT2D eigenvalue weighted by Gasteiger charge is -2.37.